The lowest BCUT2D eigenvalue weighted by Gasteiger charge is -2.29. The van der Waals surface area contributed by atoms with Gasteiger partial charge < -0.3 is 20.4 Å². The fraction of sp³-hybridized carbons (Fsp3) is 0.385. The van der Waals surface area contributed by atoms with Crippen LogP contribution in [0, 0.1) is 11.7 Å². The molecule has 2 heterocycles. The van der Waals surface area contributed by atoms with Crippen LogP contribution in [0.15, 0.2) is 53.6 Å². The van der Waals surface area contributed by atoms with Crippen LogP contribution in [0.25, 0.3) is 16.9 Å². The van der Waals surface area contributed by atoms with Gasteiger partial charge in [0.25, 0.3) is 0 Å². The summed E-state index contributed by atoms with van der Waals surface area (Å²) in [6.45, 7) is 5.44. The lowest BCUT2D eigenvalue weighted by atomic mass is 9.85. The number of anilines is 1. The summed E-state index contributed by atoms with van der Waals surface area (Å²) in [5, 5.41) is 5.75. The molecule has 0 unspecified atom stereocenters. The minimum Gasteiger partial charge on any atom is -0.444 e. The zero-order valence-corrected chi connectivity index (χ0v) is 20.5. The van der Waals surface area contributed by atoms with Gasteiger partial charge in [-0.05, 0) is 82.9 Å². The Bertz CT molecular complexity index is 1280. The van der Waals surface area contributed by atoms with E-state index in [9.17, 15) is 18.8 Å². The molecule has 0 bridgehead atoms. The second-order valence-corrected chi connectivity index (χ2v) is 9.90. The van der Waals surface area contributed by atoms with Crippen molar-refractivity contribution in [3.05, 3.63) is 65.1 Å². The maximum absolute atomic E-state index is 13.3. The van der Waals surface area contributed by atoms with Crippen LogP contribution in [-0.4, -0.2) is 38.2 Å². The van der Waals surface area contributed by atoms with Crippen LogP contribution in [0.3, 0.4) is 0 Å². The van der Waals surface area contributed by atoms with Crippen molar-refractivity contribution in [2.24, 2.45) is 5.92 Å². The quantitative estimate of drug-likeness (QED) is 0.485. The molecule has 4 rings (SSSR count). The zero-order valence-electron chi connectivity index (χ0n) is 20.5. The highest BCUT2D eigenvalue weighted by Gasteiger charge is 2.28. The summed E-state index contributed by atoms with van der Waals surface area (Å²) in [6.07, 6.45) is 5.29. The van der Waals surface area contributed by atoms with Gasteiger partial charge in [-0.25, -0.2) is 19.0 Å². The fourth-order valence-electron chi connectivity index (χ4n) is 4.29. The Morgan fingerprint density at radius 1 is 1.11 bits per heavy atom. The zero-order chi connectivity index (χ0) is 25.9. The summed E-state index contributed by atoms with van der Waals surface area (Å²) < 4.78 is 20.1. The lowest BCUT2D eigenvalue weighted by Crippen LogP contribution is -2.42. The molecule has 2 amide bonds. The highest BCUT2D eigenvalue weighted by molar-refractivity contribution is 5.92. The number of H-pyrrole nitrogens is 1. The molecule has 0 aliphatic heterocycles. The van der Waals surface area contributed by atoms with Crippen molar-refractivity contribution >= 4 is 17.8 Å². The second-order valence-electron chi connectivity index (χ2n) is 9.90. The van der Waals surface area contributed by atoms with Crippen molar-refractivity contribution in [1.82, 2.24) is 19.9 Å². The summed E-state index contributed by atoms with van der Waals surface area (Å²) in [6, 6.07) is 9.00. The molecule has 10 heteroatoms. The molecule has 9 nitrogen and oxygen atoms in total. The molecule has 36 heavy (non-hydrogen) atoms. The minimum absolute atomic E-state index is 0.0258. The van der Waals surface area contributed by atoms with Crippen LogP contribution < -0.4 is 16.3 Å². The van der Waals surface area contributed by atoms with Crippen molar-refractivity contribution in [2.75, 3.05) is 5.32 Å². The van der Waals surface area contributed by atoms with E-state index < -0.39 is 17.5 Å². The number of ether oxygens (including phenoxy) is 1. The van der Waals surface area contributed by atoms with E-state index in [0.717, 1.165) is 0 Å². The number of aromatic nitrogens is 3. The molecule has 2 aromatic heterocycles. The Hall–Kier alpha value is -3.95. The minimum atomic E-state index is -0.559. The average Bonchev–Trinajstić information content (AvgIpc) is 3.20. The number of hydrogen-bond acceptors (Lipinski definition) is 5. The molecular formula is C26H30FN5O4. The van der Waals surface area contributed by atoms with E-state index in [0.29, 0.717) is 48.4 Å². The number of aromatic amines is 1. The number of nitrogens with one attached hydrogen (secondary N) is 3. The summed E-state index contributed by atoms with van der Waals surface area (Å²) in [5.41, 5.74) is 0.801. The first-order valence-corrected chi connectivity index (χ1v) is 11.9. The van der Waals surface area contributed by atoms with Gasteiger partial charge in [-0.3, -0.25) is 9.36 Å². The molecule has 1 aliphatic carbocycles. The Kier molecular flexibility index (Phi) is 7.23. The van der Waals surface area contributed by atoms with Crippen molar-refractivity contribution in [1.29, 1.82) is 0 Å². The Balaban J connectivity index is 1.40. The van der Waals surface area contributed by atoms with E-state index >= 15 is 0 Å². The smallest absolute Gasteiger partial charge is 0.407 e. The highest BCUT2D eigenvalue weighted by atomic mass is 19.1. The molecule has 0 saturated heterocycles. The summed E-state index contributed by atoms with van der Waals surface area (Å²) >= 11 is 0. The Morgan fingerprint density at radius 2 is 1.81 bits per heavy atom. The molecule has 1 aromatic carbocycles. The van der Waals surface area contributed by atoms with Crippen molar-refractivity contribution in [2.45, 2.75) is 58.1 Å². The van der Waals surface area contributed by atoms with Crippen LogP contribution in [0.5, 0.6) is 0 Å². The van der Waals surface area contributed by atoms with Gasteiger partial charge in [0.05, 0.1) is 11.4 Å². The van der Waals surface area contributed by atoms with Crippen molar-refractivity contribution in [3.63, 3.8) is 0 Å². The Morgan fingerprint density at radius 3 is 2.47 bits per heavy atom. The SMILES string of the molecule is CC(C)(C)OC(=O)N[C@H]1CC[C@@H](C(=O)Nc2cc(-c3c[nH]c(=O)n3-c3ccc(F)cc3)ccn2)CC1. The molecule has 1 aliphatic rings. The number of hydrogen-bond donors (Lipinski definition) is 3. The van der Waals surface area contributed by atoms with Crippen molar-refractivity contribution in [3.8, 4) is 16.9 Å². The second kappa shape index (κ2) is 10.3. The van der Waals surface area contributed by atoms with E-state index in [2.05, 4.69) is 20.6 Å². The molecule has 1 saturated carbocycles. The summed E-state index contributed by atoms with van der Waals surface area (Å²) in [4.78, 5) is 44.2. The number of benzene rings is 1. The number of rotatable bonds is 5. The number of halogens is 1. The van der Waals surface area contributed by atoms with Crippen LogP contribution in [0.4, 0.5) is 15.0 Å². The summed E-state index contributed by atoms with van der Waals surface area (Å²) in [5.74, 6) is -0.365. The third-order valence-electron chi connectivity index (χ3n) is 5.99. The normalized spacial score (nSPS) is 17.9. The van der Waals surface area contributed by atoms with E-state index in [-0.39, 0.29) is 23.6 Å². The number of carbonyl (C=O) groups is 2. The van der Waals surface area contributed by atoms with E-state index in [1.165, 1.54) is 28.8 Å². The maximum Gasteiger partial charge on any atom is 0.407 e. The predicted molar refractivity (Wildman–Crippen MR) is 133 cm³/mol. The van der Waals surface area contributed by atoms with Gasteiger partial charge in [-0.2, -0.15) is 0 Å². The molecule has 3 N–H and O–H groups in total. The topological polar surface area (TPSA) is 118 Å². The predicted octanol–water partition coefficient (Wildman–Crippen LogP) is 4.39. The van der Waals surface area contributed by atoms with Gasteiger partial charge in [0, 0.05) is 29.9 Å². The van der Waals surface area contributed by atoms with Crippen LogP contribution >= 0.6 is 0 Å². The molecule has 0 radical (unpaired) electrons. The number of imidazole rings is 1. The lowest BCUT2D eigenvalue weighted by molar-refractivity contribution is -0.120. The molecule has 190 valence electrons. The molecular weight excluding hydrogens is 465 g/mol. The van der Waals surface area contributed by atoms with Gasteiger partial charge in [0.15, 0.2) is 0 Å². The van der Waals surface area contributed by atoms with Gasteiger partial charge in [-0.15, -0.1) is 0 Å². The molecule has 0 atom stereocenters. The standard InChI is InChI=1S/C26H30FN5O4/c1-26(2,3)36-25(35)30-19-8-4-16(5-9-19)23(33)31-22-14-17(12-13-28-22)21-15-29-24(34)32(21)20-10-6-18(27)7-11-20/h6-7,10-16,19H,4-5,8-9H2,1-3H3,(H,29,34)(H,30,35)(H,28,31,33)/t16-,19+. The van der Waals surface area contributed by atoms with Crippen LogP contribution in [0.2, 0.25) is 0 Å². The molecule has 0 spiro atoms. The number of alkyl carbamates (subject to hydrolysis) is 1. The first-order chi connectivity index (χ1) is 17.1. The maximum atomic E-state index is 13.3. The van der Waals surface area contributed by atoms with E-state index in [4.69, 9.17) is 4.74 Å². The average molecular weight is 496 g/mol. The van der Waals surface area contributed by atoms with Gasteiger partial charge in [0.2, 0.25) is 5.91 Å². The van der Waals surface area contributed by atoms with Crippen LogP contribution in [0.1, 0.15) is 46.5 Å². The highest BCUT2D eigenvalue weighted by Crippen LogP contribution is 2.27. The van der Waals surface area contributed by atoms with E-state index in [1.54, 1.807) is 24.5 Å². The monoisotopic (exact) mass is 495 g/mol. The molecule has 1 fully saturated rings. The summed E-state index contributed by atoms with van der Waals surface area (Å²) in [7, 11) is 0. The third-order valence-corrected chi connectivity index (χ3v) is 5.99. The first kappa shape index (κ1) is 25.2. The fourth-order valence-corrected chi connectivity index (χ4v) is 4.29. The number of pyridine rings is 1. The van der Waals surface area contributed by atoms with E-state index in [1.807, 2.05) is 20.8 Å². The largest absolute Gasteiger partial charge is 0.444 e. The number of carbonyl (C=O) groups excluding carboxylic acids is 2. The number of nitrogens with zero attached hydrogens (tertiary/aromatic N) is 2. The van der Waals surface area contributed by atoms with Crippen molar-refractivity contribution < 1.29 is 18.7 Å². The first-order valence-electron chi connectivity index (χ1n) is 11.9. The number of amides is 2. The van der Waals surface area contributed by atoms with Gasteiger partial charge in [0.1, 0.15) is 17.2 Å². The van der Waals surface area contributed by atoms with Gasteiger partial charge >= 0.3 is 11.8 Å². The third kappa shape index (κ3) is 6.18. The molecule has 3 aromatic rings. The van der Waals surface area contributed by atoms with Crippen LogP contribution in [-0.2, 0) is 9.53 Å². The van der Waals surface area contributed by atoms with Gasteiger partial charge in [-0.1, -0.05) is 0 Å². The Labute approximate surface area is 208 Å².